The SMILES string of the molecule is CC(C)(C)Sc1c(CC(C)(C)C(=O)O)n(CCc2ccc(Cl)cc2)c2ccc(OCc3ccc4ccccc4n3)cc12. The molecule has 2 heterocycles. The number of pyridine rings is 1. The number of fused-ring (bicyclic) bond motifs is 2. The summed E-state index contributed by atoms with van der Waals surface area (Å²) < 4.78 is 8.50. The number of para-hydroxylation sites is 1. The Hall–Kier alpha value is -3.48. The van der Waals surface area contributed by atoms with Gasteiger partial charge in [0.05, 0.1) is 16.6 Å². The maximum Gasteiger partial charge on any atom is 0.309 e. The predicted molar refractivity (Wildman–Crippen MR) is 174 cm³/mol. The third kappa shape index (κ3) is 6.93. The van der Waals surface area contributed by atoms with Crippen LogP contribution >= 0.6 is 23.4 Å². The molecule has 0 bridgehead atoms. The fraction of sp³-hybridized carbons (Fsp3) is 0.314. The van der Waals surface area contributed by atoms with Crippen molar-refractivity contribution >= 4 is 51.1 Å². The smallest absolute Gasteiger partial charge is 0.309 e. The highest BCUT2D eigenvalue weighted by molar-refractivity contribution is 8.00. The molecule has 0 aliphatic heterocycles. The maximum absolute atomic E-state index is 12.3. The number of carboxylic acid groups (broad SMARTS) is 1. The van der Waals surface area contributed by atoms with Gasteiger partial charge in [0.1, 0.15) is 12.4 Å². The lowest BCUT2D eigenvalue weighted by atomic mass is 9.88. The highest BCUT2D eigenvalue weighted by Gasteiger charge is 2.32. The number of benzene rings is 3. The van der Waals surface area contributed by atoms with E-state index in [0.29, 0.717) is 18.1 Å². The largest absolute Gasteiger partial charge is 0.487 e. The fourth-order valence-electron chi connectivity index (χ4n) is 5.03. The van der Waals surface area contributed by atoms with Crippen LogP contribution in [0.25, 0.3) is 21.8 Å². The predicted octanol–water partition coefficient (Wildman–Crippen LogP) is 9.21. The van der Waals surface area contributed by atoms with Crippen LogP contribution in [0.3, 0.4) is 0 Å². The minimum atomic E-state index is -0.930. The Morgan fingerprint density at radius 3 is 2.43 bits per heavy atom. The van der Waals surface area contributed by atoms with Crippen molar-refractivity contribution in [2.75, 3.05) is 0 Å². The summed E-state index contributed by atoms with van der Waals surface area (Å²) in [6.45, 7) is 11.2. The third-order valence-electron chi connectivity index (χ3n) is 7.27. The van der Waals surface area contributed by atoms with E-state index in [2.05, 4.69) is 49.6 Å². The van der Waals surface area contributed by atoms with Crippen LogP contribution in [0.4, 0.5) is 0 Å². The Morgan fingerprint density at radius 2 is 1.71 bits per heavy atom. The van der Waals surface area contributed by atoms with Crippen LogP contribution in [0.2, 0.25) is 5.02 Å². The zero-order valence-electron chi connectivity index (χ0n) is 24.8. The first-order chi connectivity index (χ1) is 19.9. The van der Waals surface area contributed by atoms with Crippen LogP contribution in [-0.4, -0.2) is 25.4 Å². The Balaban J connectivity index is 1.55. The first-order valence-electron chi connectivity index (χ1n) is 14.2. The van der Waals surface area contributed by atoms with Gasteiger partial charge in [0.2, 0.25) is 0 Å². The summed E-state index contributed by atoms with van der Waals surface area (Å²) in [6, 6.07) is 26.2. The van der Waals surface area contributed by atoms with Crippen molar-refractivity contribution in [1.82, 2.24) is 9.55 Å². The number of nitrogens with zero attached hydrogens (tertiary/aromatic N) is 2. The monoisotopic (exact) mass is 600 g/mol. The van der Waals surface area contributed by atoms with E-state index in [1.807, 2.05) is 54.6 Å². The Kier molecular flexibility index (Phi) is 8.58. The lowest BCUT2D eigenvalue weighted by Gasteiger charge is -2.24. The average molecular weight is 601 g/mol. The summed E-state index contributed by atoms with van der Waals surface area (Å²) in [4.78, 5) is 18.1. The molecule has 0 aliphatic carbocycles. The number of aryl methyl sites for hydroxylation is 2. The van der Waals surface area contributed by atoms with Gasteiger partial charge in [0.15, 0.2) is 0 Å². The van der Waals surface area contributed by atoms with E-state index in [4.69, 9.17) is 21.3 Å². The van der Waals surface area contributed by atoms with E-state index in [1.165, 1.54) is 5.56 Å². The summed E-state index contributed by atoms with van der Waals surface area (Å²) in [5.74, 6) is -0.0530. The lowest BCUT2D eigenvalue weighted by molar-refractivity contribution is -0.146. The van der Waals surface area contributed by atoms with Gasteiger partial charge in [0, 0.05) is 49.6 Å². The Labute approximate surface area is 256 Å². The maximum atomic E-state index is 12.3. The number of aromatic nitrogens is 2. The molecule has 0 amide bonds. The highest BCUT2D eigenvalue weighted by atomic mass is 35.5. The lowest BCUT2D eigenvalue weighted by Crippen LogP contribution is -2.28. The molecule has 218 valence electrons. The number of carbonyl (C=O) groups is 1. The van der Waals surface area contributed by atoms with E-state index >= 15 is 0 Å². The van der Waals surface area contributed by atoms with E-state index in [-0.39, 0.29) is 4.75 Å². The van der Waals surface area contributed by atoms with Crippen molar-refractivity contribution in [3.05, 3.63) is 101 Å². The summed E-state index contributed by atoms with van der Waals surface area (Å²) >= 11 is 7.90. The molecule has 3 aromatic carbocycles. The molecular weight excluding hydrogens is 564 g/mol. The van der Waals surface area contributed by atoms with Crippen molar-refractivity contribution < 1.29 is 14.6 Å². The molecule has 0 fully saturated rings. The minimum absolute atomic E-state index is 0.0801. The quantitative estimate of drug-likeness (QED) is 0.162. The van der Waals surface area contributed by atoms with Gasteiger partial charge >= 0.3 is 5.97 Å². The van der Waals surface area contributed by atoms with Crippen LogP contribution in [0.15, 0.2) is 83.8 Å². The number of carboxylic acids is 1. The molecule has 5 rings (SSSR count). The third-order valence-corrected chi connectivity index (χ3v) is 8.79. The van der Waals surface area contributed by atoms with Crippen molar-refractivity contribution in [1.29, 1.82) is 0 Å². The Bertz CT molecular complexity index is 1740. The van der Waals surface area contributed by atoms with Gasteiger partial charge in [-0.05, 0) is 68.3 Å². The van der Waals surface area contributed by atoms with Crippen LogP contribution in [0.5, 0.6) is 5.75 Å². The topological polar surface area (TPSA) is 64.3 Å². The molecule has 0 saturated carbocycles. The van der Waals surface area contributed by atoms with Crippen molar-refractivity contribution in [3.63, 3.8) is 0 Å². The molecule has 0 spiro atoms. The number of ether oxygens (including phenoxy) is 1. The first kappa shape index (κ1) is 30.0. The number of hydrogen-bond donors (Lipinski definition) is 1. The minimum Gasteiger partial charge on any atom is -0.487 e. The van der Waals surface area contributed by atoms with Gasteiger partial charge in [-0.3, -0.25) is 4.79 Å². The summed E-state index contributed by atoms with van der Waals surface area (Å²) in [6.07, 6.45) is 1.21. The number of halogens is 1. The van der Waals surface area contributed by atoms with Crippen molar-refractivity contribution in [2.24, 2.45) is 5.41 Å². The van der Waals surface area contributed by atoms with E-state index in [1.54, 1.807) is 25.6 Å². The average Bonchev–Trinajstić information content (AvgIpc) is 3.20. The molecule has 7 heteroatoms. The molecule has 5 aromatic rings. The Morgan fingerprint density at radius 1 is 0.976 bits per heavy atom. The van der Waals surface area contributed by atoms with Gasteiger partial charge in [-0.25, -0.2) is 4.98 Å². The second-order valence-corrected chi connectivity index (χ2v) is 14.6. The van der Waals surface area contributed by atoms with E-state index in [9.17, 15) is 9.90 Å². The molecule has 0 aliphatic rings. The van der Waals surface area contributed by atoms with Gasteiger partial charge in [0.25, 0.3) is 0 Å². The first-order valence-corrected chi connectivity index (χ1v) is 15.4. The van der Waals surface area contributed by atoms with Crippen molar-refractivity contribution in [3.8, 4) is 5.75 Å². The van der Waals surface area contributed by atoms with Gasteiger partial charge in [-0.2, -0.15) is 0 Å². The molecule has 0 unspecified atom stereocenters. The molecule has 0 atom stereocenters. The second-order valence-electron chi connectivity index (χ2n) is 12.3. The molecule has 42 heavy (non-hydrogen) atoms. The number of hydrogen-bond acceptors (Lipinski definition) is 4. The molecule has 0 saturated heterocycles. The fourth-order valence-corrected chi connectivity index (χ4v) is 6.34. The summed E-state index contributed by atoms with van der Waals surface area (Å²) in [5, 5.41) is 12.9. The number of thioether (sulfide) groups is 1. The van der Waals surface area contributed by atoms with E-state index < -0.39 is 11.4 Å². The molecule has 0 radical (unpaired) electrons. The number of aliphatic carboxylic acids is 1. The zero-order valence-corrected chi connectivity index (χ0v) is 26.4. The van der Waals surface area contributed by atoms with Crippen LogP contribution < -0.4 is 4.74 Å². The van der Waals surface area contributed by atoms with Crippen LogP contribution in [0.1, 0.15) is 51.6 Å². The highest BCUT2D eigenvalue weighted by Crippen LogP contribution is 2.44. The molecule has 2 aromatic heterocycles. The molecule has 5 nitrogen and oxygen atoms in total. The normalized spacial score (nSPS) is 12.2. The summed E-state index contributed by atoms with van der Waals surface area (Å²) in [7, 11) is 0. The van der Waals surface area contributed by atoms with Gasteiger partial charge < -0.3 is 14.4 Å². The van der Waals surface area contributed by atoms with Crippen LogP contribution in [-0.2, 0) is 30.8 Å². The van der Waals surface area contributed by atoms with Gasteiger partial charge in [-0.15, -0.1) is 11.8 Å². The second kappa shape index (κ2) is 12.0. The standard InChI is InChI=1S/C35H37ClN2O3S/c1-34(2,3)42-32-28-20-27(41-22-26-15-12-24-8-6-7-9-29(24)37-26)16-17-30(28)38(31(32)21-35(4,5)33(39)40)19-18-23-10-13-25(36)14-11-23/h6-17,20H,18-19,21-22H2,1-5H3,(H,39,40). The van der Waals surface area contributed by atoms with Crippen molar-refractivity contribution in [2.45, 2.75) is 70.3 Å². The summed E-state index contributed by atoms with van der Waals surface area (Å²) in [5.41, 5.74) is 4.17. The van der Waals surface area contributed by atoms with E-state index in [0.717, 1.165) is 56.8 Å². The number of rotatable bonds is 10. The van der Waals surface area contributed by atoms with Gasteiger partial charge in [-0.1, -0.05) is 68.8 Å². The van der Waals surface area contributed by atoms with Crippen LogP contribution in [0, 0.1) is 5.41 Å². The molecule has 1 N–H and O–H groups in total. The zero-order chi connectivity index (χ0) is 30.1. The molecular formula is C35H37ClN2O3S.